The van der Waals surface area contributed by atoms with Gasteiger partial charge in [-0.15, -0.1) is 0 Å². The second-order valence-corrected chi connectivity index (χ2v) is 6.07. The maximum atomic E-state index is 12.6. The minimum atomic E-state index is -0.00116. The van der Waals surface area contributed by atoms with Gasteiger partial charge in [-0.05, 0) is 24.5 Å². The predicted octanol–water partition coefficient (Wildman–Crippen LogP) is 2.38. The van der Waals surface area contributed by atoms with Gasteiger partial charge < -0.3 is 15.0 Å². The number of amides is 1. The Bertz CT molecular complexity index is 503. The number of benzene rings is 1. The Labute approximate surface area is 130 Å². The van der Waals surface area contributed by atoms with Crippen molar-refractivity contribution in [2.75, 3.05) is 26.2 Å². The van der Waals surface area contributed by atoms with E-state index in [-0.39, 0.29) is 18.1 Å². The van der Waals surface area contributed by atoms with Gasteiger partial charge >= 0.3 is 0 Å². The van der Waals surface area contributed by atoms with Gasteiger partial charge in [-0.25, -0.2) is 0 Å². The van der Waals surface area contributed by atoms with E-state index in [9.17, 15) is 4.79 Å². The van der Waals surface area contributed by atoms with Crippen molar-refractivity contribution in [2.24, 2.45) is 0 Å². The third kappa shape index (κ3) is 3.39. The van der Waals surface area contributed by atoms with Crippen molar-refractivity contribution in [1.82, 2.24) is 10.2 Å². The van der Waals surface area contributed by atoms with Crippen molar-refractivity contribution < 1.29 is 9.53 Å². The van der Waals surface area contributed by atoms with E-state index in [0.29, 0.717) is 13.0 Å². The summed E-state index contributed by atoms with van der Waals surface area (Å²) in [5.74, 6) is 0.172. The summed E-state index contributed by atoms with van der Waals surface area (Å²) < 4.78 is 5.64. The molecule has 2 fully saturated rings. The van der Waals surface area contributed by atoms with Crippen LogP contribution in [0.2, 0.25) is 5.02 Å². The molecule has 0 spiro atoms. The van der Waals surface area contributed by atoms with Gasteiger partial charge in [-0.2, -0.15) is 0 Å². The maximum Gasteiger partial charge on any atom is 0.225 e. The fourth-order valence-corrected chi connectivity index (χ4v) is 3.46. The number of nitrogens with one attached hydrogen (secondary N) is 1. The summed E-state index contributed by atoms with van der Waals surface area (Å²) in [6, 6.07) is 7.94. The molecule has 21 heavy (non-hydrogen) atoms. The first kappa shape index (κ1) is 14.8. The number of hydrogen-bond donors (Lipinski definition) is 1. The zero-order valence-corrected chi connectivity index (χ0v) is 12.8. The standard InChI is InChI=1S/C16H21ClN2O2/c17-14-5-2-1-4-13(14)15-6-3-8-19(15)16(20)10-12-11-18-7-9-21-12/h1-2,4-5,12,15,18H,3,6-11H2. The molecule has 1 amide bonds. The van der Waals surface area contributed by atoms with Crippen LogP contribution in [0.4, 0.5) is 0 Å². The molecule has 2 aliphatic rings. The normalized spacial score (nSPS) is 26.0. The number of hydrogen-bond acceptors (Lipinski definition) is 3. The van der Waals surface area contributed by atoms with Crippen molar-refractivity contribution >= 4 is 17.5 Å². The zero-order chi connectivity index (χ0) is 14.7. The summed E-state index contributed by atoms with van der Waals surface area (Å²) >= 11 is 6.29. The van der Waals surface area contributed by atoms with Gasteiger partial charge in [-0.1, -0.05) is 29.8 Å². The molecule has 2 heterocycles. The molecule has 114 valence electrons. The average Bonchev–Trinajstić information content (AvgIpc) is 2.98. The molecule has 0 saturated carbocycles. The Morgan fingerprint density at radius 1 is 1.43 bits per heavy atom. The summed E-state index contributed by atoms with van der Waals surface area (Å²) in [7, 11) is 0. The molecule has 3 rings (SSSR count). The van der Waals surface area contributed by atoms with E-state index >= 15 is 0 Å². The van der Waals surface area contributed by atoms with Gasteiger partial charge in [0, 0.05) is 24.7 Å². The largest absolute Gasteiger partial charge is 0.375 e. The molecule has 2 unspecified atom stereocenters. The fraction of sp³-hybridized carbons (Fsp3) is 0.562. The highest BCUT2D eigenvalue weighted by Crippen LogP contribution is 2.36. The number of carbonyl (C=O) groups excluding carboxylic acids is 1. The Balaban J connectivity index is 1.68. The number of ether oxygens (including phenoxy) is 1. The highest BCUT2D eigenvalue weighted by Gasteiger charge is 2.32. The maximum absolute atomic E-state index is 12.6. The average molecular weight is 309 g/mol. The summed E-state index contributed by atoms with van der Waals surface area (Å²) in [4.78, 5) is 14.6. The summed E-state index contributed by atoms with van der Waals surface area (Å²) in [5.41, 5.74) is 1.06. The van der Waals surface area contributed by atoms with Gasteiger partial charge in [0.05, 0.1) is 25.2 Å². The Hall–Kier alpha value is -1.10. The van der Waals surface area contributed by atoms with E-state index in [1.54, 1.807) is 0 Å². The van der Waals surface area contributed by atoms with Crippen molar-refractivity contribution in [2.45, 2.75) is 31.4 Å². The molecule has 1 N–H and O–H groups in total. The third-order valence-corrected chi connectivity index (χ3v) is 4.59. The lowest BCUT2D eigenvalue weighted by atomic mass is 10.0. The smallest absolute Gasteiger partial charge is 0.225 e. The number of halogens is 1. The van der Waals surface area contributed by atoms with Crippen molar-refractivity contribution in [3.8, 4) is 0 Å². The molecule has 0 aliphatic carbocycles. The van der Waals surface area contributed by atoms with Gasteiger partial charge in [0.2, 0.25) is 5.91 Å². The van der Waals surface area contributed by atoms with Gasteiger partial charge in [0.25, 0.3) is 0 Å². The first-order chi connectivity index (χ1) is 10.3. The van der Waals surface area contributed by atoms with Crippen LogP contribution in [0.3, 0.4) is 0 Å². The lowest BCUT2D eigenvalue weighted by Gasteiger charge is -2.29. The summed E-state index contributed by atoms with van der Waals surface area (Å²) in [6.45, 7) is 3.13. The van der Waals surface area contributed by atoms with Crippen LogP contribution in [-0.4, -0.2) is 43.2 Å². The van der Waals surface area contributed by atoms with Crippen LogP contribution in [-0.2, 0) is 9.53 Å². The minimum Gasteiger partial charge on any atom is -0.375 e. The SMILES string of the molecule is O=C(CC1CNCCO1)N1CCCC1c1ccccc1Cl. The van der Waals surface area contributed by atoms with E-state index in [0.717, 1.165) is 43.1 Å². The molecular weight excluding hydrogens is 288 g/mol. The van der Waals surface area contributed by atoms with Crippen LogP contribution < -0.4 is 5.32 Å². The third-order valence-electron chi connectivity index (χ3n) is 4.24. The highest BCUT2D eigenvalue weighted by molar-refractivity contribution is 6.31. The molecule has 1 aromatic rings. The zero-order valence-electron chi connectivity index (χ0n) is 12.1. The highest BCUT2D eigenvalue weighted by atomic mass is 35.5. The van der Waals surface area contributed by atoms with Crippen LogP contribution in [0.15, 0.2) is 24.3 Å². The van der Waals surface area contributed by atoms with Crippen LogP contribution >= 0.6 is 11.6 Å². The summed E-state index contributed by atoms with van der Waals surface area (Å²) in [6.07, 6.45) is 2.47. The molecule has 5 heteroatoms. The van der Waals surface area contributed by atoms with Crippen molar-refractivity contribution in [3.05, 3.63) is 34.9 Å². The Kier molecular flexibility index (Phi) is 4.78. The number of rotatable bonds is 3. The Morgan fingerprint density at radius 2 is 2.29 bits per heavy atom. The van der Waals surface area contributed by atoms with E-state index in [1.165, 1.54) is 0 Å². The molecule has 0 radical (unpaired) electrons. The monoisotopic (exact) mass is 308 g/mol. The second kappa shape index (κ2) is 6.77. The Morgan fingerprint density at radius 3 is 3.05 bits per heavy atom. The van der Waals surface area contributed by atoms with E-state index in [4.69, 9.17) is 16.3 Å². The molecular formula is C16H21ClN2O2. The van der Waals surface area contributed by atoms with E-state index in [1.807, 2.05) is 29.2 Å². The molecule has 4 nitrogen and oxygen atoms in total. The quantitative estimate of drug-likeness (QED) is 0.932. The summed E-state index contributed by atoms with van der Waals surface area (Å²) in [5, 5.41) is 4.01. The lowest BCUT2D eigenvalue weighted by molar-refractivity contribution is -0.135. The second-order valence-electron chi connectivity index (χ2n) is 5.67. The van der Waals surface area contributed by atoms with Gasteiger partial charge in [0.1, 0.15) is 0 Å². The lowest BCUT2D eigenvalue weighted by Crippen LogP contribution is -2.42. The molecule has 0 aromatic heterocycles. The number of nitrogens with zero attached hydrogens (tertiary/aromatic N) is 1. The first-order valence-corrected chi connectivity index (χ1v) is 7.99. The van der Waals surface area contributed by atoms with Crippen molar-refractivity contribution in [1.29, 1.82) is 0 Å². The molecule has 2 atom stereocenters. The van der Waals surface area contributed by atoms with Crippen LogP contribution in [0.1, 0.15) is 30.9 Å². The molecule has 1 aromatic carbocycles. The molecule has 2 aliphatic heterocycles. The van der Waals surface area contributed by atoms with Crippen LogP contribution in [0.25, 0.3) is 0 Å². The van der Waals surface area contributed by atoms with Crippen LogP contribution in [0, 0.1) is 0 Å². The molecule has 2 saturated heterocycles. The van der Waals surface area contributed by atoms with Gasteiger partial charge in [-0.3, -0.25) is 4.79 Å². The van der Waals surface area contributed by atoms with E-state index in [2.05, 4.69) is 5.32 Å². The first-order valence-electron chi connectivity index (χ1n) is 7.62. The number of likely N-dealkylation sites (tertiary alicyclic amines) is 1. The predicted molar refractivity (Wildman–Crippen MR) is 82.4 cm³/mol. The van der Waals surface area contributed by atoms with Crippen molar-refractivity contribution in [3.63, 3.8) is 0 Å². The fourth-order valence-electron chi connectivity index (χ4n) is 3.20. The minimum absolute atomic E-state index is 0.00116. The van der Waals surface area contributed by atoms with Gasteiger partial charge in [0.15, 0.2) is 0 Å². The van der Waals surface area contributed by atoms with E-state index < -0.39 is 0 Å². The topological polar surface area (TPSA) is 41.6 Å². The number of carbonyl (C=O) groups is 1. The number of morpholine rings is 1. The van der Waals surface area contributed by atoms with Crippen LogP contribution in [0.5, 0.6) is 0 Å². The molecule has 0 bridgehead atoms.